The predicted molar refractivity (Wildman–Crippen MR) is 103 cm³/mol. The highest BCUT2D eigenvalue weighted by Gasteiger charge is 2.31. The molecule has 1 aromatic heterocycles. The number of fused-ring (bicyclic) bond motifs is 1. The lowest BCUT2D eigenvalue weighted by Gasteiger charge is -2.25. The van der Waals surface area contributed by atoms with Gasteiger partial charge in [-0.2, -0.15) is 4.98 Å². The number of rotatable bonds is 3. The molecule has 1 atom stereocenters. The van der Waals surface area contributed by atoms with Crippen LogP contribution in [-0.2, 0) is 11.2 Å². The summed E-state index contributed by atoms with van der Waals surface area (Å²) in [5, 5.41) is 6.91. The van der Waals surface area contributed by atoms with Crippen LogP contribution in [0.2, 0.25) is 10.0 Å². The number of anilines is 3. The zero-order valence-corrected chi connectivity index (χ0v) is 15.1. The van der Waals surface area contributed by atoms with Gasteiger partial charge >= 0.3 is 0 Å². The number of nitrogens with zero attached hydrogens (tertiary/aromatic N) is 2. The number of carbonyl (C=O) groups is 1. The van der Waals surface area contributed by atoms with E-state index in [1.165, 1.54) is 0 Å². The molecule has 1 aliphatic rings. The topological polar surface area (TPSA) is 66.9 Å². The highest BCUT2D eigenvalue weighted by atomic mass is 35.5. The minimum atomic E-state index is -0.472. The first-order valence-electron chi connectivity index (χ1n) is 8.04. The van der Waals surface area contributed by atoms with E-state index in [9.17, 15) is 4.79 Å². The van der Waals surface area contributed by atoms with Crippen LogP contribution in [0.25, 0.3) is 0 Å². The van der Waals surface area contributed by atoms with E-state index in [-0.39, 0.29) is 5.91 Å². The minimum Gasteiger partial charge on any atom is -0.324 e. The molecule has 1 unspecified atom stereocenters. The Kier molecular flexibility index (Phi) is 4.49. The molecule has 0 bridgehead atoms. The SMILES string of the molecule is O=C1Nc2nc(Nc3ccccc3)ncc2CC1c1c(Cl)cccc1Cl. The van der Waals surface area contributed by atoms with Crippen molar-refractivity contribution in [3.8, 4) is 0 Å². The molecule has 3 aromatic rings. The molecular weight excluding hydrogens is 371 g/mol. The van der Waals surface area contributed by atoms with Crippen molar-refractivity contribution in [1.82, 2.24) is 9.97 Å². The van der Waals surface area contributed by atoms with Crippen molar-refractivity contribution in [2.75, 3.05) is 10.6 Å². The summed E-state index contributed by atoms with van der Waals surface area (Å²) < 4.78 is 0. The van der Waals surface area contributed by atoms with Gasteiger partial charge in [-0.25, -0.2) is 4.98 Å². The Bertz CT molecular complexity index is 958. The maximum atomic E-state index is 12.6. The molecule has 2 aromatic carbocycles. The van der Waals surface area contributed by atoms with Crippen LogP contribution in [0, 0.1) is 0 Å². The average Bonchev–Trinajstić information content (AvgIpc) is 2.63. The van der Waals surface area contributed by atoms with Gasteiger partial charge in [0.15, 0.2) is 0 Å². The molecule has 5 nitrogen and oxygen atoms in total. The van der Waals surface area contributed by atoms with Crippen molar-refractivity contribution in [3.05, 3.63) is 75.9 Å². The van der Waals surface area contributed by atoms with Gasteiger partial charge in [0.2, 0.25) is 11.9 Å². The summed E-state index contributed by atoms with van der Waals surface area (Å²) in [7, 11) is 0. The summed E-state index contributed by atoms with van der Waals surface area (Å²) >= 11 is 12.5. The van der Waals surface area contributed by atoms with E-state index in [0.717, 1.165) is 11.3 Å². The molecule has 0 fully saturated rings. The number of benzene rings is 2. The lowest BCUT2D eigenvalue weighted by Crippen LogP contribution is -2.29. The minimum absolute atomic E-state index is 0.183. The average molecular weight is 385 g/mol. The third-order valence-corrected chi connectivity index (χ3v) is 4.88. The number of para-hydroxylation sites is 1. The van der Waals surface area contributed by atoms with E-state index < -0.39 is 5.92 Å². The maximum Gasteiger partial charge on any atom is 0.233 e. The van der Waals surface area contributed by atoms with Gasteiger partial charge in [-0.15, -0.1) is 0 Å². The van der Waals surface area contributed by atoms with Gasteiger partial charge in [0.05, 0.1) is 5.92 Å². The number of amides is 1. The molecule has 2 N–H and O–H groups in total. The number of carbonyl (C=O) groups excluding carboxylic acids is 1. The summed E-state index contributed by atoms with van der Waals surface area (Å²) in [6.07, 6.45) is 2.15. The van der Waals surface area contributed by atoms with Crippen molar-refractivity contribution >= 4 is 46.6 Å². The second kappa shape index (κ2) is 6.94. The van der Waals surface area contributed by atoms with Crippen LogP contribution in [-0.4, -0.2) is 15.9 Å². The van der Waals surface area contributed by atoms with Crippen molar-refractivity contribution in [2.45, 2.75) is 12.3 Å². The standard InChI is InChI=1S/C19H14Cl2N4O/c20-14-7-4-8-15(21)16(14)13-9-11-10-22-19(25-17(11)24-18(13)26)23-12-5-2-1-3-6-12/h1-8,10,13H,9H2,(H2,22,23,24,25,26). The fourth-order valence-corrected chi connectivity index (χ4v) is 3.63. The molecule has 0 radical (unpaired) electrons. The fraction of sp³-hybridized carbons (Fsp3) is 0.105. The van der Waals surface area contributed by atoms with E-state index in [2.05, 4.69) is 20.6 Å². The summed E-state index contributed by atoms with van der Waals surface area (Å²) in [4.78, 5) is 21.4. The molecule has 7 heteroatoms. The van der Waals surface area contributed by atoms with Crippen LogP contribution in [0.3, 0.4) is 0 Å². The highest BCUT2D eigenvalue weighted by molar-refractivity contribution is 6.36. The van der Waals surface area contributed by atoms with Crippen LogP contribution in [0.15, 0.2) is 54.7 Å². The Morgan fingerprint density at radius 2 is 1.77 bits per heavy atom. The van der Waals surface area contributed by atoms with Crippen molar-refractivity contribution in [2.24, 2.45) is 0 Å². The van der Waals surface area contributed by atoms with Gasteiger partial charge in [-0.3, -0.25) is 4.79 Å². The predicted octanol–water partition coefficient (Wildman–Crippen LogP) is 4.81. The number of hydrogen-bond donors (Lipinski definition) is 2. The second-order valence-electron chi connectivity index (χ2n) is 5.94. The van der Waals surface area contributed by atoms with Crippen LogP contribution >= 0.6 is 23.2 Å². The van der Waals surface area contributed by atoms with Gasteiger partial charge in [-0.05, 0) is 30.7 Å². The van der Waals surface area contributed by atoms with E-state index in [0.29, 0.717) is 33.8 Å². The zero-order valence-electron chi connectivity index (χ0n) is 13.5. The van der Waals surface area contributed by atoms with E-state index in [4.69, 9.17) is 23.2 Å². The summed E-state index contributed by atoms with van der Waals surface area (Å²) in [6, 6.07) is 14.8. The molecule has 26 heavy (non-hydrogen) atoms. The molecule has 0 saturated carbocycles. The zero-order chi connectivity index (χ0) is 18.1. The van der Waals surface area contributed by atoms with Crippen LogP contribution in [0.5, 0.6) is 0 Å². The van der Waals surface area contributed by atoms with Crippen LogP contribution in [0.4, 0.5) is 17.5 Å². The van der Waals surface area contributed by atoms with E-state index in [1.54, 1.807) is 24.4 Å². The number of aromatic nitrogens is 2. The van der Waals surface area contributed by atoms with E-state index in [1.807, 2.05) is 30.3 Å². The smallest absolute Gasteiger partial charge is 0.233 e. The lowest BCUT2D eigenvalue weighted by molar-refractivity contribution is -0.117. The van der Waals surface area contributed by atoms with Gasteiger partial charge in [0.1, 0.15) is 5.82 Å². The van der Waals surface area contributed by atoms with E-state index >= 15 is 0 Å². The molecule has 4 rings (SSSR count). The Hall–Kier alpha value is -2.63. The molecule has 1 amide bonds. The molecule has 130 valence electrons. The maximum absolute atomic E-state index is 12.6. The normalized spacial score (nSPS) is 15.9. The summed E-state index contributed by atoms with van der Waals surface area (Å²) in [6.45, 7) is 0. The van der Waals surface area contributed by atoms with Gasteiger partial charge < -0.3 is 10.6 Å². The number of hydrogen-bond acceptors (Lipinski definition) is 4. The molecular formula is C19H14Cl2N4O. The summed E-state index contributed by atoms with van der Waals surface area (Å²) in [5.41, 5.74) is 2.34. The Balaban J connectivity index is 1.62. The van der Waals surface area contributed by atoms with Crippen molar-refractivity contribution in [3.63, 3.8) is 0 Å². The molecule has 1 aliphatic heterocycles. The van der Waals surface area contributed by atoms with Gasteiger partial charge in [-0.1, -0.05) is 47.5 Å². The number of nitrogens with one attached hydrogen (secondary N) is 2. The van der Waals surface area contributed by atoms with Gasteiger partial charge in [0.25, 0.3) is 0 Å². The number of halogens is 2. The first kappa shape index (κ1) is 16.8. The second-order valence-corrected chi connectivity index (χ2v) is 6.75. The quantitative estimate of drug-likeness (QED) is 0.679. The Morgan fingerprint density at radius 1 is 1.04 bits per heavy atom. The fourth-order valence-electron chi connectivity index (χ4n) is 2.97. The highest BCUT2D eigenvalue weighted by Crippen LogP contribution is 2.37. The van der Waals surface area contributed by atoms with Crippen molar-refractivity contribution < 1.29 is 4.79 Å². The van der Waals surface area contributed by atoms with Crippen LogP contribution in [0.1, 0.15) is 17.0 Å². The molecule has 0 saturated heterocycles. The largest absolute Gasteiger partial charge is 0.324 e. The molecule has 0 spiro atoms. The Morgan fingerprint density at radius 3 is 2.50 bits per heavy atom. The van der Waals surface area contributed by atoms with Gasteiger partial charge in [0, 0.05) is 33.1 Å². The monoisotopic (exact) mass is 384 g/mol. The third-order valence-electron chi connectivity index (χ3n) is 4.22. The molecule has 0 aliphatic carbocycles. The van der Waals surface area contributed by atoms with Crippen molar-refractivity contribution in [1.29, 1.82) is 0 Å². The Labute approximate surface area is 160 Å². The molecule has 2 heterocycles. The van der Waals surface area contributed by atoms with Crippen LogP contribution < -0.4 is 10.6 Å². The first-order valence-corrected chi connectivity index (χ1v) is 8.80. The lowest BCUT2D eigenvalue weighted by atomic mass is 9.89. The first-order chi connectivity index (χ1) is 12.6. The third kappa shape index (κ3) is 3.23. The summed E-state index contributed by atoms with van der Waals surface area (Å²) in [5.74, 6) is 0.268.